The van der Waals surface area contributed by atoms with Crippen molar-refractivity contribution in [1.29, 1.82) is 0 Å². The molecule has 1 aliphatic heterocycles. The average Bonchev–Trinajstić information content (AvgIpc) is 2.35. The zero-order valence-electron chi connectivity index (χ0n) is 6.66. The van der Waals surface area contributed by atoms with E-state index in [9.17, 15) is 5.11 Å². The maximum Gasteiger partial charge on any atom is 0.173 e. The summed E-state index contributed by atoms with van der Waals surface area (Å²) in [6.07, 6.45) is 0.953. The van der Waals surface area contributed by atoms with Crippen molar-refractivity contribution in [2.75, 3.05) is 6.61 Å². The number of rotatable bonds is 2. The summed E-state index contributed by atoms with van der Waals surface area (Å²) in [6, 6.07) is 0. The molecule has 0 saturated carbocycles. The first-order chi connectivity index (χ1) is 5.20. The first kappa shape index (κ1) is 8.49. The number of hydrogen-bond donors (Lipinski definition) is 2. The molecule has 1 saturated heterocycles. The monoisotopic (exact) mass is 158 g/mol. The van der Waals surface area contributed by atoms with Crippen molar-refractivity contribution in [3.8, 4) is 0 Å². The van der Waals surface area contributed by atoms with Crippen LogP contribution in [0.1, 0.15) is 19.8 Å². The van der Waals surface area contributed by atoms with E-state index in [0.29, 0.717) is 5.84 Å². The summed E-state index contributed by atoms with van der Waals surface area (Å²) in [5.74, 6) is 0.396. The van der Waals surface area contributed by atoms with Crippen LogP contribution in [0.5, 0.6) is 0 Å². The van der Waals surface area contributed by atoms with Gasteiger partial charge in [-0.1, -0.05) is 0 Å². The largest absolute Gasteiger partial charge is 0.388 e. The van der Waals surface area contributed by atoms with Crippen LogP contribution >= 0.6 is 0 Å². The zero-order valence-corrected chi connectivity index (χ0v) is 6.66. The molecule has 0 aromatic heterocycles. The molecule has 4 nitrogen and oxygen atoms in total. The molecular formula is C7H14N2O2. The van der Waals surface area contributed by atoms with Crippen molar-refractivity contribution in [3.05, 3.63) is 0 Å². The number of nitrogens with zero attached hydrogens (tertiary/aromatic N) is 1. The molecule has 4 heteroatoms. The molecule has 3 N–H and O–H groups in total. The van der Waals surface area contributed by atoms with Crippen LogP contribution in [0.3, 0.4) is 0 Å². The Bertz CT molecular complexity index is 149. The van der Waals surface area contributed by atoms with Crippen LogP contribution in [0.25, 0.3) is 0 Å². The first-order valence-electron chi connectivity index (χ1n) is 3.79. The van der Waals surface area contributed by atoms with Crippen molar-refractivity contribution in [2.24, 2.45) is 10.7 Å². The van der Waals surface area contributed by atoms with Crippen LogP contribution in [0.2, 0.25) is 0 Å². The molecular weight excluding hydrogens is 144 g/mol. The lowest BCUT2D eigenvalue weighted by Gasteiger charge is -2.12. The standard InChI is InChI=1S/C7H14N2O2/c1-5(8)9-7(10)6-3-2-4-11-6/h6-7,10H,2-4H2,1H3,(H2,8,9). The van der Waals surface area contributed by atoms with Crippen LogP contribution in [0.15, 0.2) is 4.99 Å². The Kier molecular flexibility index (Phi) is 2.84. The molecule has 2 unspecified atom stereocenters. The average molecular weight is 158 g/mol. The van der Waals surface area contributed by atoms with Gasteiger partial charge in [-0.25, -0.2) is 4.99 Å². The zero-order chi connectivity index (χ0) is 8.27. The lowest BCUT2D eigenvalue weighted by atomic mass is 10.2. The van der Waals surface area contributed by atoms with Gasteiger partial charge in [0.2, 0.25) is 0 Å². The molecule has 1 fully saturated rings. The molecule has 0 bridgehead atoms. The van der Waals surface area contributed by atoms with Crippen LogP contribution in [-0.4, -0.2) is 29.9 Å². The molecule has 64 valence electrons. The second-order valence-corrected chi connectivity index (χ2v) is 2.74. The summed E-state index contributed by atoms with van der Waals surface area (Å²) in [5.41, 5.74) is 5.30. The number of nitrogens with two attached hydrogens (primary N) is 1. The Morgan fingerprint density at radius 3 is 3.00 bits per heavy atom. The molecule has 2 atom stereocenters. The van der Waals surface area contributed by atoms with Crippen molar-refractivity contribution in [1.82, 2.24) is 0 Å². The molecule has 0 radical (unpaired) electrons. The summed E-state index contributed by atoms with van der Waals surface area (Å²) in [5, 5.41) is 9.33. The number of aliphatic hydroxyl groups is 1. The molecule has 1 rings (SSSR count). The van der Waals surface area contributed by atoms with E-state index in [-0.39, 0.29) is 6.10 Å². The third kappa shape index (κ3) is 2.48. The minimum atomic E-state index is -0.775. The maximum absolute atomic E-state index is 9.33. The van der Waals surface area contributed by atoms with E-state index >= 15 is 0 Å². The van der Waals surface area contributed by atoms with Gasteiger partial charge in [0.1, 0.15) is 6.10 Å². The Morgan fingerprint density at radius 1 is 1.82 bits per heavy atom. The SMILES string of the molecule is CC(N)=NC(O)C1CCCO1. The van der Waals surface area contributed by atoms with E-state index < -0.39 is 6.23 Å². The van der Waals surface area contributed by atoms with Gasteiger partial charge in [-0.3, -0.25) is 0 Å². The molecule has 0 aromatic carbocycles. The van der Waals surface area contributed by atoms with Crippen LogP contribution < -0.4 is 5.73 Å². The van der Waals surface area contributed by atoms with Gasteiger partial charge in [-0.2, -0.15) is 0 Å². The van der Waals surface area contributed by atoms with Gasteiger partial charge in [0.15, 0.2) is 6.23 Å². The summed E-state index contributed by atoms with van der Waals surface area (Å²) >= 11 is 0. The van der Waals surface area contributed by atoms with Crippen molar-refractivity contribution >= 4 is 5.84 Å². The van der Waals surface area contributed by atoms with E-state index in [1.807, 2.05) is 0 Å². The number of hydrogen-bond acceptors (Lipinski definition) is 3. The Morgan fingerprint density at radius 2 is 2.55 bits per heavy atom. The highest BCUT2D eigenvalue weighted by Crippen LogP contribution is 2.15. The van der Waals surface area contributed by atoms with Crippen molar-refractivity contribution in [3.63, 3.8) is 0 Å². The molecule has 0 amide bonds. The van der Waals surface area contributed by atoms with Gasteiger partial charge in [-0.05, 0) is 19.8 Å². The van der Waals surface area contributed by atoms with Gasteiger partial charge in [0.25, 0.3) is 0 Å². The summed E-state index contributed by atoms with van der Waals surface area (Å²) < 4.78 is 5.20. The lowest BCUT2D eigenvalue weighted by Crippen LogP contribution is -2.25. The third-order valence-electron chi connectivity index (χ3n) is 1.63. The number of amidine groups is 1. The van der Waals surface area contributed by atoms with E-state index in [4.69, 9.17) is 10.5 Å². The molecule has 11 heavy (non-hydrogen) atoms. The Labute approximate surface area is 66.1 Å². The van der Waals surface area contributed by atoms with Crippen LogP contribution in [-0.2, 0) is 4.74 Å². The number of aliphatic imine (C=N–C) groups is 1. The predicted molar refractivity (Wildman–Crippen MR) is 42.3 cm³/mol. The minimum absolute atomic E-state index is 0.145. The van der Waals surface area contributed by atoms with Gasteiger partial charge < -0.3 is 15.6 Å². The molecule has 1 aliphatic rings. The summed E-state index contributed by atoms with van der Waals surface area (Å²) in [7, 11) is 0. The Balaban J connectivity index is 2.40. The summed E-state index contributed by atoms with van der Waals surface area (Å²) in [4.78, 5) is 3.78. The topological polar surface area (TPSA) is 67.8 Å². The third-order valence-corrected chi connectivity index (χ3v) is 1.63. The summed E-state index contributed by atoms with van der Waals surface area (Å²) in [6.45, 7) is 2.37. The van der Waals surface area contributed by atoms with Gasteiger partial charge in [0, 0.05) is 6.61 Å². The Hall–Kier alpha value is -0.610. The van der Waals surface area contributed by atoms with Crippen LogP contribution in [0.4, 0.5) is 0 Å². The number of ether oxygens (including phenoxy) is 1. The maximum atomic E-state index is 9.33. The lowest BCUT2D eigenvalue weighted by molar-refractivity contribution is 0.00358. The normalized spacial score (nSPS) is 28.9. The van der Waals surface area contributed by atoms with Crippen molar-refractivity contribution < 1.29 is 9.84 Å². The molecule has 1 heterocycles. The quantitative estimate of drug-likeness (QED) is 0.434. The van der Waals surface area contributed by atoms with E-state index in [2.05, 4.69) is 4.99 Å². The van der Waals surface area contributed by atoms with E-state index in [0.717, 1.165) is 19.4 Å². The second-order valence-electron chi connectivity index (χ2n) is 2.74. The van der Waals surface area contributed by atoms with Crippen molar-refractivity contribution in [2.45, 2.75) is 32.1 Å². The highest BCUT2D eigenvalue weighted by atomic mass is 16.5. The van der Waals surface area contributed by atoms with Crippen LogP contribution in [0, 0.1) is 0 Å². The second kappa shape index (κ2) is 3.69. The highest BCUT2D eigenvalue weighted by molar-refractivity contribution is 5.77. The van der Waals surface area contributed by atoms with Gasteiger partial charge >= 0.3 is 0 Å². The van der Waals surface area contributed by atoms with Gasteiger partial charge in [0.05, 0.1) is 5.84 Å². The van der Waals surface area contributed by atoms with Gasteiger partial charge in [-0.15, -0.1) is 0 Å². The first-order valence-corrected chi connectivity index (χ1v) is 3.79. The van der Waals surface area contributed by atoms with E-state index in [1.165, 1.54) is 0 Å². The fourth-order valence-electron chi connectivity index (χ4n) is 1.13. The molecule has 0 spiro atoms. The predicted octanol–water partition coefficient (Wildman–Crippen LogP) is -0.139. The molecule has 0 aromatic rings. The number of aliphatic hydroxyl groups excluding tert-OH is 1. The molecule has 0 aliphatic carbocycles. The highest BCUT2D eigenvalue weighted by Gasteiger charge is 2.23. The smallest absolute Gasteiger partial charge is 0.173 e. The minimum Gasteiger partial charge on any atom is -0.388 e. The fraction of sp³-hybridized carbons (Fsp3) is 0.857. The van der Waals surface area contributed by atoms with E-state index in [1.54, 1.807) is 6.92 Å². The fourth-order valence-corrected chi connectivity index (χ4v) is 1.13.